The quantitative estimate of drug-likeness (QED) is 0.292. The van der Waals surface area contributed by atoms with Crippen LogP contribution >= 0.6 is 0 Å². The van der Waals surface area contributed by atoms with E-state index in [-0.39, 0.29) is 5.52 Å². The van der Waals surface area contributed by atoms with Gasteiger partial charge >= 0.3 is 0 Å². The van der Waals surface area contributed by atoms with E-state index >= 15 is 0 Å². The number of pyridine rings is 2. The molecule has 7 heteroatoms. The predicted octanol–water partition coefficient (Wildman–Crippen LogP) is 6.33. The molecule has 0 N–H and O–H groups in total. The molecular formula is C30H29F2N5. The highest BCUT2D eigenvalue weighted by Gasteiger charge is 2.26. The molecule has 1 aliphatic heterocycles. The van der Waals surface area contributed by atoms with Crippen LogP contribution in [0.15, 0.2) is 67.0 Å². The highest BCUT2D eigenvalue weighted by Crippen LogP contribution is 2.33. The number of piperazine rings is 1. The zero-order valence-electron chi connectivity index (χ0n) is 21.4. The first kappa shape index (κ1) is 23.6. The van der Waals surface area contributed by atoms with E-state index in [4.69, 9.17) is 0 Å². The third kappa shape index (κ3) is 4.13. The fourth-order valence-corrected chi connectivity index (χ4v) is 5.43. The van der Waals surface area contributed by atoms with E-state index in [0.717, 1.165) is 41.6 Å². The smallest absolute Gasteiger partial charge is 0.152 e. The van der Waals surface area contributed by atoms with Gasteiger partial charge in [-0.25, -0.2) is 18.7 Å². The number of imidazole rings is 1. The van der Waals surface area contributed by atoms with E-state index in [9.17, 15) is 8.78 Å². The number of nitrogens with zero attached hydrogens (tertiary/aromatic N) is 5. The molecule has 0 unspecified atom stereocenters. The van der Waals surface area contributed by atoms with Gasteiger partial charge < -0.3 is 4.90 Å². The third-order valence-electron chi connectivity index (χ3n) is 7.67. The molecule has 1 aliphatic rings. The van der Waals surface area contributed by atoms with E-state index in [1.54, 1.807) is 13.1 Å². The van der Waals surface area contributed by atoms with Crippen molar-refractivity contribution in [3.63, 3.8) is 0 Å². The number of aryl methyl sites for hydroxylation is 1. The first-order valence-electron chi connectivity index (χ1n) is 12.6. The molecule has 0 saturated carbocycles. The van der Waals surface area contributed by atoms with Crippen LogP contribution in [0, 0.1) is 18.6 Å². The van der Waals surface area contributed by atoms with Crippen molar-refractivity contribution in [3.05, 3.63) is 84.3 Å². The van der Waals surface area contributed by atoms with Crippen molar-refractivity contribution in [2.75, 3.05) is 25.0 Å². The van der Waals surface area contributed by atoms with Crippen LogP contribution < -0.4 is 4.90 Å². The van der Waals surface area contributed by atoms with Gasteiger partial charge in [-0.15, -0.1) is 0 Å². The van der Waals surface area contributed by atoms with E-state index < -0.39 is 11.6 Å². The molecular weight excluding hydrogens is 468 g/mol. The molecule has 37 heavy (non-hydrogen) atoms. The zero-order valence-corrected chi connectivity index (χ0v) is 21.4. The second-order valence-electron chi connectivity index (χ2n) is 10.2. The topological polar surface area (TPSA) is 36.7 Å². The molecule has 0 amide bonds. The average Bonchev–Trinajstić information content (AvgIpc) is 3.30. The van der Waals surface area contributed by atoms with Crippen LogP contribution in [-0.4, -0.2) is 51.5 Å². The van der Waals surface area contributed by atoms with E-state index in [1.807, 2.05) is 28.8 Å². The van der Waals surface area contributed by atoms with Crippen LogP contribution in [0.25, 0.3) is 38.9 Å². The second-order valence-corrected chi connectivity index (χ2v) is 10.2. The Morgan fingerprint density at radius 2 is 1.62 bits per heavy atom. The van der Waals surface area contributed by atoms with E-state index in [0.29, 0.717) is 28.7 Å². The van der Waals surface area contributed by atoms with Crippen molar-refractivity contribution in [2.45, 2.75) is 32.9 Å². The maximum atomic E-state index is 14.5. The zero-order chi connectivity index (χ0) is 25.8. The Balaban J connectivity index is 1.34. The third-order valence-corrected chi connectivity index (χ3v) is 7.67. The maximum Gasteiger partial charge on any atom is 0.152 e. The molecule has 0 spiro atoms. The maximum absolute atomic E-state index is 14.5. The molecule has 2 aromatic carbocycles. The molecule has 3 aromatic heterocycles. The summed E-state index contributed by atoms with van der Waals surface area (Å²) >= 11 is 0. The number of hydrogen-bond acceptors (Lipinski definition) is 4. The van der Waals surface area contributed by atoms with Crippen molar-refractivity contribution in [3.8, 4) is 22.4 Å². The number of likely N-dealkylation sites (N-methyl/N-ethyl adjacent to an activating group) is 1. The standard InChI is InChI=1S/C30H29F2N5/c1-18-11-25(26-13-23(31)14-27(32)30(26)34-18)28-15-33-29-12-22(9-10-37(28)29)21-5-7-24(8-6-21)36-16-19(2)35(4)20(3)17-36/h5-15,19-20H,16-17H2,1-4H3/t19-,20+. The Hall–Kier alpha value is -3.84. The van der Waals surface area contributed by atoms with Crippen LogP contribution in [0.3, 0.4) is 0 Å². The molecule has 2 atom stereocenters. The lowest BCUT2D eigenvalue weighted by atomic mass is 10.0. The Morgan fingerprint density at radius 1 is 0.892 bits per heavy atom. The van der Waals surface area contributed by atoms with Gasteiger partial charge in [0.15, 0.2) is 5.82 Å². The molecule has 188 valence electrons. The number of aromatic nitrogens is 3. The van der Waals surface area contributed by atoms with Crippen LogP contribution in [0.1, 0.15) is 19.5 Å². The molecule has 0 aliphatic carbocycles. The Morgan fingerprint density at radius 3 is 2.35 bits per heavy atom. The summed E-state index contributed by atoms with van der Waals surface area (Å²) in [5.74, 6) is -1.29. The van der Waals surface area contributed by atoms with Crippen LogP contribution in [0.5, 0.6) is 0 Å². The summed E-state index contributed by atoms with van der Waals surface area (Å²) in [5, 5.41) is 0.428. The highest BCUT2D eigenvalue weighted by atomic mass is 19.1. The number of halogens is 2. The number of fused-ring (bicyclic) bond motifs is 2. The molecule has 6 rings (SSSR count). The second kappa shape index (κ2) is 8.92. The van der Waals surface area contributed by atoms with Gasteiger partial charge in [0, 0.05) is 59.8 Å². The van der Waals surface area contributed by atoms with E-state index in [1.165, 1.54) is 11.8 Å². The summed E-state index contributed by atoms with van der Waals surface area (Å²) in [5.41, 5.74) is 6.44. The minimum atomic E-state index is -0.667. The highest BCUT2D eigenvalue weighted by molar-refractivity contribution is 5.94. The largest absolute Gasteiger partial charge is 0.368 e. The lowest BCUT2D eigenvalue weighted by Gasteiger charge is -2.43. The lowest BCUT2D eigenvalue weighted by Crippen LogP contribution is -2.55. The lowest BCUT2D eigenvalue weighted by molar-refractivity contribution is 0.170. The van der Waals surface area contributed by atoms with Crippen molar-refractivity contribution in [2.24, 2.45) is 0 Å². The summed E-state index contributed by atoms with van der Waals surface area (Å²) < 4.78 is 30.5. The molecule has 1 fully saturated rings. The van der Waals surface area contributed by atoms with Gasteiger partial charge in [0.1, 0.15) is 17.0 Å². The summed E-state index contributed by atoms with van der Waals surface area (Å²) in [4.78, 5) is 13.8. The molecule has 0 bridgehead atoms. The first-order chi connectivity index (χ1) is 17.8. The SMILES string of the molecule is Cc1cc(-c2cnc3cc(-c4ccc(N5C[C@@H](C)N(C)[C@@H](C)C5)cc4)ccn23)c2cc(F)cc(F)c2n1. The Labute approximate surface area is 215 Å². The minimum absolute atomic E-state index is 0.159. The number of anilines is 1. The first-order valence-corrected chi connectivity index (χ1v) is 12.6. The van der Waals surface area contributed by atoms with Gasteiger partial charge in [0.25, 0.3) is 0 Å². The molecule has 5 aromatic rings. The van der Waals surface area contributed by atoms with Gasteiger partial charge in [-0.2, -0.15) is 0 Å². The Bertz CT molecular complexity index is 1610. The van der Waals surface area contributed by atoms with E-state index in [2.05, 4.69) is 64.9 Å². The average molecular weight is 498 g/mol. The van der Waals surface area contributed by atoms with Crippen LogP contribution in [0.2, 0.25) is 0 Å². The number of benzene rings is 2. The fraction of sp³-hybridized carbons (Fsp3) is 0.267. The summed E-state index contributed by atoms with van der Waals surface area (Å²) in [7, 11) is 2.20. The van der Waals surface area contributed by atoms with Gasteiger partial charge in [0.05, 0.1) is 11.9 Å². The summed E-state index contributed by atoms with van der Waals surface area (Å²) in [6.45, 7) is 8.38. The molecule has 0 radical (unpaired) electrons. The summed E-state index contributed by atoms with van der Waals surface area (Å²) in [6, 6.07) is 17.8. The van der Waals surface area contributed by atoms with Crippen molar-refractivity contribution < 1.29 is 8.78 Å². The van der Waals surface area contributed by atoms with Crippen LogP contribution in [0.4, 0.5) is 14.5 Å². The molecule has 1 saturated heterocycles. The van der Waals surface area contributed by atoms with Crippen molar-refractivity contribution >= 4 is 22.2 Å². The van der Waals surface area contributed by atoms with Crippen LogP contribution in [-0.2, 0) is 0 Å². The number of rotatable bonds is 3. The summed E-state index contributed by atoms with van der Waals surface area (Å²) in [6.07, 6.45) is 3.71. The molecule has 5 nitrogen and oxygen atoms in total. The van der Waals surface area contributed by atoms with Gasteiger partial charge in [-0.1, -0.05) is 12.1 Å². The van der Waals surface area contributed by atoms with Gasteiger partial charge in [-0.05, 0) is 75.3 Å². The Kier molecular flexibility index (Phi) is 5.68. The minimum Gasteiger partial charge on any atom is -0.368 e. The fourth-order valence-electron chi connectivity index (χ4n) is 5.43. The van der Waals surface area contributed by atoms with Crippen molar-refractivity contribution in [1.82, 2.24) is 19.3 Å². The predicted molar refractivity (Wildman–Crippen MR) is 145 cm³/mol. The normalized spacial score (nSPS) is 18.7. The number of hydrogen-bond donors (Lipinski definition) is 0. The molecule has 4 heterocycles. The van der Waals surface area contributed by atoms with Crippen molar-refractivity contribution in [1.29, 1.82) is 0 Å². The van der Waals surface area contributed by atoms with Gasteiger partial charge in [-0.3, -0.25) is 9.30 Å². The monoisotopic (exact) mass is 497 g/mol. The van der Waals surface area contributed by atoms with Gasteiger partial charge in [0.2, 0.25) is 0 Å².